The maximum absolute atomic E-state index is 2.87. The summed E-state index contributed by atoms with van der Waals surface area (Å²) < 4.78 is 0. The molecule has 0 saturated heterocycles. The van der Waals surface area contributed by atoms with E-state index in [1.165, 1.54) is 70.6 Å². The predicted molar refractivity (Wildman–Crippen MR) is 148 cm³/mol. The second kappa shape index (κ2) is 6.09. The van der Waals surface area contributed by atoms with Crippen molar-refractivity contribution in [2.75, 3.05) is 0 Å². The van der Waals surface area contributed by atoms with Crippen LogP contribution in [0.3, 0.4) is 0 Å². The molecule has 0 aromatic rings. The lowest BCUT2D eigenvalue weighted by Crippen LogP contribution is -2.47. The van der Waals surface area contributed by atoms with Gasteiger partial charge < -0.3 is 0 Å². The standard InChI is InChI=1S/C35H58/c1-26(13-15-27(2)23-28(3,16-14-26)32(7)12-10-11-31(27,32)6)35-19-17-29(4)24-30(5,18-20-35)34(9)22-25(35)21-33(29,34)8/h25H,10-24H2,1-9H3. The molecule has 7 aliphatic rings. The SMILES string of the molecule is CC1(C23CCC4(C)CC(C)(CC2)C2(C)CC3CC42C)CCC2(C)CC(C)(CC1)C1(C)CCCC21C. The first-order chi connectivity index (χ1) is 16.0. The Kier molecular flexibility index (Phi) is 4.19. The molecule has 0 aromatic heterocycles. The summed E-state index contributed by atoms with van der Waals surface area (Å²) in [6.07, 6.45) is 22.8. The van der Waals surface area contributed by atoms with Crippen molar-refractivity contribution in [1.29, 1.82) is 0 Å². The molecule has 0 spiro atoms. The third-order valence-electron chi connectivity index (χ3n) is 18.7. The molecule has 5 bridgehead atoms. The molecule has 35 heavy (non-hydrogen) atoms. The normalized spacial score (nSPS) is 69.0. The van der Waals surface area contributed by atoms with E-state index in [1.807, 2.05) is 0 Å². The highest BCUT2D eigenvalue weighted by atomic mass is 14.8. The Balaban J connectivity index is 1.34. The van der Waals surface area contributed by atoms with Gasteiger partial charge in [-0.1, -0.05) is 68.7 Å². The average Bonchev–Trinajstić information content (AvgIpc) is 3.29. The van der Waals surface area contributed by atoms with Gasteiger partial charge in [-0.15, -0.1) is 0 Å². The van der Waals surface area contributed by atoms with Crippen LogP contribution in [0.1, 0.15) is 159 Å². The zero-order chi connectivity index (χ0) is 25.2. The summed E-state index contributed by atoms with van der Waals surface area (Å²) in [6, 6.07) is 0. The molecule has 0 aromatic carbocycles. The Labute approximate surface area is 218 Å². The second-order valence-electron chi connectivity index (χ2n) is 18.6. The summed E-state index contributed by atoms with van der Waals surface area (Å²) in [5, 5.41) is 0. The third-order valence-corrected chi connectivity index (χ3v) is 18.7. The van der Waals surface area contributed by atoms with Crippen molar-refractivity contribution in [3.63, 3.8) is 0 Å². The first-order valence-electron chi connectivity index (χ1n) is 16.0. The van der Waals surface area contributed by atoms with Crippen LogP contribution < -0.4 is 0 Å². The Morgan fingerprint density at radius 1 is 0.371 bits per heavy atom. The van der Waals surface area contributed by atoms with Crippen LogP contribution in [-0.2, 0) is 0 Å². The molecule has 7 aliphatic carbocycles. The largest absolute Gasteiger partial charge is 0.0591 e. The minimum Gasteiger partial charge on any atom is -0.0591 e. The van der Waals surface area contributed by atoms with Gasteiger partial charge in [-0.25, -0.2) is 0 Å². The van der Waals surface area contributed by atoms with Gasteiger partial charge in [0, 0.05) is 0 Å². The van der Waals surface area contributed by atoms with E-state index in [4.69, 9.17) is 0 Å². The Morgan fingerprint density at radius 2 is 0.714 bits per heavy atom. The first-order valence-corrected chi connectivity index (χ1v) is 16.0. The van der Waals surface area contributed by atoms with Crippen LogP contribution in [0.25, 0.3) is 0 Å². The topological polar surface area (TPSA) is 0 Å². The van der Waals surface area contributed by atoms with Crippen LogP contribution in [0.15, 0.2) is 0 Å². The van der Waals surface area contributed by atoms with E-state index < -0.39 is 0 Å². The lowest BCUT2D eigenvalue weighted by molar-refractivity contribution is -0.0685. The number of rotatable bonds is 1. The highest BCUT2D eigenvalue weighted by Gasteiger charge is 2.79. The molecule has 0 heterocycles. The summed E-state index contributed by atoms with van der Waals surface area (Å²) in [6.45, 7) is 25.0. The molecule has 0 heteroatoms. The Hall–Kier alpha value is 0. The van der Waals surface area contributed by atoms with E-state index in [1.54, 1.807) is 25.7 Å². The van der Waals surface area contributed by atoms with E-state index in [9.17, 15) is 0 Å². The molecule has 8 unspecified atom stereocenters. The zero-order valence-electron chi connectivity index (χ0n) is 25.2. The average molecular weight is 479 g/mol. The maximum Gasteiger partial charge on any atom is -0.0210 e. The second-order valence-corrected chi connectivity index (χ2v) is 18.6. The van der Waals surface area contributed by atoms with E-state index in [2.05, 4.69) is 62.3 Å². The van der Waals surface area contributed by atoms with Gasteiger partial charge in [0.05, 0.1) is 0 Å². The molecule has 0 radical (unpaired) electrons. The molecular weight excluding hydrogens is 420 g/mol. The monoisotopic (exact) mass is 478 g/mol. The van der Waals surface area contributed by atoms with E-state index >= 15 is 0 Å². The Bertz CT molecular complexity index is 911. The molecular formula is C35H58. The smallest absolute Gasteiger partial charge is 0.0210 e. The van der Waals surface area contributed by atoms with Crippen molar-refractivity contribution in [1.82, 2.24) is 0 Å². The lowest BCUT2D eigenvalue weighted by Gasteiger charge is -2.56. The van der Waals surface area contributed by atoms with Crippen molar-refractivity contribution in [2.45, 2.75) is 159 Å². The first kappa shape index (κ1) is 24.1. The van der Waals surface area contributed by atoms with Crippen LogP contribution >= 0.6 is 0 Å². The van der Waals surface area contributed by atoms with Crippen LogP contribution in [0, 0.1) is 60.1 Å². The van der Waals surface area contributed by atoms with Crippen LogP contribution in [0.5, 0.6) is 0 Å². The van der Waals surface area contributed by atoms with E-state index in [-0.39, 0.29) is 0 Å². The number of fused-ring (bicyclic) bond motifs is 5. The van der Waals surface area contributed by atoms with Crippen molar-refractivity contribution in [2.24, 2.45) is 60.1 Å². The van der Waals surface area contributed by atoms with Gasteiger partial charge in [0.2, 0.25) is 0 Å². The summed E-state index contributed by atoms with van der Waals surface area (Å²) >= 11 is 0. The van der Waals surface area contributed by atoms with Gasteiger partial charge in [0.1, 0.15) is 0 Å². The molecule has 7 rings (SSSR count). The molecule has 0 N–H and O–H groups in total. The summed E-state index contributed by atoms with van der Waals surface area (Å²) in [7, 11) is 0. The van der Waals surface area contributed by atoms with Gasteiger partial charge in [-0.2, -0.15) is 0 Å². The molecule has 8 atom stereocenters. The minimum absolute atomic E-state index is 0.534. The maximum atomic E-state index is 2.87. The van der Waals surface area contributed by atoms with Gasteiger partial charge in [-0.05, 0) is 150 Å². The summed E-state index contributed by atoms with van der Waals surface area (Å²) in [5.41, 5.74) is 5.59. The molecule has 0 amide bonds. The van der Waals surface area contributed by atoms with Crippen molar-refractivity contribution in [3.8, 4) is 0 Å². The lowest BCUT2D eigenvalue weighted by atomic mass is 9.48. The van der Waals surface area contributed by atoms with E-state index in [0.717, 1.165) is 5.92 Å². The van der Waals surface area contributed by atoms with Crippen LogP contribution in [0.2, 0.25) is 0 Å². The van der Waals surface area contributed by atoms with Gasteiger partial charge >= 0.3 is 0 Å². The van der Waals surface area contributed by atoms with Crippen molar-refractivity contribution < 1.29 is 0 Å². The molecule has 0 aliphatic heterocycles. The quantitative estimate of drug-likeness (QED) is 0.351. The van der Waals surface area contributed by atoms with Gasteiger partial charge in [-0.3, -0.25) is 0 Å². The zero-order valence-corrected chi connectivity index (χ0v) is 25.2. The Morgan fingerprint density at radius 3 is 1.14 bits per heavy atom. The van der Waals surface area contributed by atoms with Crippen LogP contribution in [-0.4, -0.2) is 0 Å². The highest BCUT2D eigenvalue weighted by Crippen LogP contribution is 2.87. The van der Waals surface area contributed by atoms with Crippen molar-refractivity contribution >= 4 is 0 Å². The number of hydrogen-bond acceptors (Lipinski definition) is 0. The molecule has 198 valence electrons. The molecule has 0 nitrogen and oxygen atoms in total. The predicted octanol–water partition coefficient (Wildman–Crippen LogP) is 10.6. The fourth-order valence-corrected chi connectivity index (χ4v) is 15.3. The van der Waals surface area contributed by atoms with Gasteiger partial charge in [0.25, 0.3) is 0 Å². The van der Waals surface area contributed by atoms with Crippen molar-refractivity contribution in [3.05, 3.63) is 0 Å². The molecule has 7 saturated carbocycles. The van der Waals surface area contributed by atoms with E-state index in [0.29, 0.717) is 54.1 Å². The fraction of sp³-hybridized carbons (Fsp3) is 1.00. The minimum atomic E-state index is 0.534. The number of hydrogen-bond donors (Lipinski definition) is 0. The fourth-order valence-electron chi connectivity index (χ4n) is 15.3. The third kappa shape index (κ3) is 2.16. The highest BCUT2D eigenvalue weighted by molar-refractivity contribution is 5.28. The van der Waals surface area contributed by atoms with Crippen LogP contribution in [0.4, 0.5) is 0 Å². The summed E-state index contributed by atoms with van der Waals surface area (Å²) in [5.74, 6) is 0.981. The molecule has 7 fully saturated rings. The summed E-state index contributed by atoms with van der Waals surface area (Å²) in [4.78, 5) is 0. The van der Waals surface area contributed by atoms with Gasteiger partial charge in [0.15, 0.2) is 0 Å².